The topological polar surface area (TPSA) is 23.8 Å². The van der Waals surface area contributed by atoms with Crippen molar-refractivity contribution in [1.82, 2.24) is 0 Å². The molecule has 80 valence electrons. The van der Waals surface area contributed by atoms with Gasteiger partial charge in [-0.05, 0) is 35.9 Å². The van der Waals surface area contributed by atoms with Crippen LogP contribution in [0, 0.1) is 11.3 Å². The van der Waals surface area contributed by atoms with Crippen LogP contribution in [-0.4, -0.2) is 11.5 Å². The quantitative estimate of drug-likeness (QED) is 0.670. The van der Waals surface area contributed by atoms with E-state index in [1.165, 1.54) is 35.7 Å². The number of benzene rings is 1. The van der Waals surface area contributed by atoms with E-state index in [-0.39, 0.29) is 17.0 Å². The molecule has 0 spiro atoms. The molecule has 15 heavy (non-hydrogen) atoms. The monoisotopic (exact) mass is 283 g/mol. The Labute approximate surface area is 105 Å². The summed E-state index contributed by atoms with van der Waals surface area (Å²) in [5.41, 5.74) is 2.16. The molecule has 0 radical (unpaired) electrons. The number of hydrogen-bond acceptors (Lipinski definition) is 1. The molecule has 0 saturated carbocycles. The highest BCUT2D eigenvalue weighted by atomic mass is 79.9. The van der Waals surface area contributed by atoms with Crippen LogP contribution in [-0.2, 0) is 16.6 Å². The molecule has 0 aliphatic carbocycles. The van der Waals surface area contributed by atoms with Gasteiger partial charge < -0.3 is 17.0 Å². The maximum absolute atomic E-state index is 8.66. The highest BCUT2D eigenvalue weighted by molar-refractivity contribution is 7.96. The zero-order chi connectivity index (χ0) is 9.80. The lowest BCUT2D eigenvalue weighted by molar-refractivity contribution is -0.00000312. The number of nitriles is 1. The van der Waals surface area contributed by atoms with Crippen LogP contribution >= 0.6 is 0 Å². The smallest absolute Gasteiger partial charge is 0.133 e. The second kappa shape index (κ2) is 6.19. The molecule has 0 atom stereocenters. The van der Waals surface area contributed by atoms with Gasteiger partial charge in [0.15, 0.2) is 0 Å². The summed E-state index contributed by atoms with van der Waals surface area (Å²) in [5.74, 6) is 4.06. The van der Waals surface area contributed by atoms with Gasteiger partial charge in [-0.2, -0.15) is 5.26 Å². The molecule has 3 heteroatoms. The third-order valence-electron chi connectivity index (χ3n) is 2.57. The summed E-state index contributed by atoms with van der Waals surface area (Å²) in [7, 11) is 0.630. The summed E-state index contributed by atoms with van der Waals surface area (Å²) >= 11 is 0. The Morgan fingerprint density at radius 2 is 1.73 bits per heavy atom. The van der Waals surface area contributed by atoms with Crippen molar-refractivity contribution in [3.63, 3.8) is 0 Å². The molecule has 1 aliphatic rings. The van der Waals surface area contributed by atoms with Crippen molar-refractivity contribution in [3.05, 3.63) is 35.4 Å². The second-order valence-corrected chi connectivity index (χ2v) is 6.01. The van der Waals surface area contributed by atoms with Crippen LogP contribution in [0.5, 0.6) is 0 Å². The predicted octanol–water partition coefficient (Wildman–Crippen LogP) is -0.526. The molecule has 1 aromatic rings. The van der Waals surface area contributed by atoms with E-state index in [2.05, 4.69) is 18.2 Å². The van der Waals surface area contributed by atoms with Gasteiger partial charge in [-0.3, -0.25) is 0 Å². The molecule has 1 aliphatic heterocycles. The highest BCUT2D eigenvalue weighted by Crippen LogP contribution is 2.18. The minimum absolute atomic E-state index is 0. The SMILES string of the molecule is N#Cc1ccc(C[S+]2CCCC2)cc1.[Br-]. The third-order valence-corrected chi connectivity index (χ3v) is 5.04. The van der Waals surface area contributed by atoms with Gasteiger partial charge in [0.2, 0.25) is 0 Å². The van der Waals surface area contributed by atoms with E-state index in [9.17, 15) is 0 Å². The maximum Gasteiger partial charge on any atom is 0.133 e. The van der Waals surface area contributed by atoms with Crippen molar-refractivity contribution in [3.8, 4) is 6.07 Å². The molecule has 0 aromatic heterocycles. The Morgan fingerprint density at radius 3 is 2.27 bits per heavy atom. The third kappa shape index (κ3) is 3.55. The lowest BCUT2D eigenvalue weighted by Crippen LogP contribution is -3.00. The molecule has 1 saturated heterocycles. The molecular weight excluding hydrogens is 270 g/mol. The Balaban J connectivity index is 0.00000112. The fourth-order valence-corrected chi connectivity index (χ4v) is 4.15. The Kier molecular flexibility index (Phi) is 5.21. The largest absolute Gasteiger partial charge is 1.00 e. The van der Waals surface area contributed by atoms with Crippen molar-refractivity contribution in [2.24, 2.45) is 0 Å². The average molecular weight is 284 g/mol. The Hall–Kier alpha value is -0.460. The molecular formula is C12H14BrNS. The molecule has 0 unspecified atom stereocenters. The fraction of sp³-hybridized carbons (Fsp3) is 0.417. The van der Waals surface area contributed by atoms with Crippen molar-refractivity contribution < 1.29 is 17.0 Å². The molecule has 0 amide bonds. The van der Waals surface area contributed by atoms with Crippen molar-refractivity contribution in [2.75, 3.05) is 11.5 Å². The van der Waals surface area contributed by atoms with Gasteiger partial charge in [-0.1, -0.05) is 12.1 Å². The van der Waals surface area contributed by atoms with Gasteiger partial charge in [0.05, 0.1) is 11.6 Å². The van der Waals surface area contributed by atoms with Crippen LogP contribution in [0.15, 0.2) is 24.3 Å². The van der Waals surface area contributed by atoms with Crippen LogP contribution in [0.3, 0.4) is 0 Å². The van der Waals surface area contributed by atoms with Crippen LogP contribution in [0.1, 0.15) is 24.0 Å². The van der Waals surface area contributed by atoms with Gasteiger partial charge in [0.1, 0.15) is 17.3 Å². The lowest BCUT2D eigenvalue weighted by Gasteiger charge is -2.00. The average Bonchev–Trinajstić information content (AvgIpc) is 2.72. The first-order valence-corrected chi connectivity index (χ1v) is 6.75. The Bertz CT molecular complexity index is 336. The van der Waals surface area contributed by atoms with Crippen LogP contribution < -0.4 is 17.0 Å². The summed E-state index contributed by atoms with van der Waals surface area (Å²) in [6, 6.07) is 10.2. The first-order valence-electron chi connectivity index (χ1n) is 5.01. The number of hydrogen-bond donors (Lipinski definition) is 0. The molecule has 1 fully saturated rings. The summed E-state index contributed by atoms with van der Waals surface area (Å²) in [6.45, 7) is 0. The normalized spacial score (nSPS) is 15.7. The number of rotatable bonds is 2. The molecule has 2 rings (SSSR count). The van der Waals surface area contributed by atoms with Crippen LogP contribution in [0.4, 0.5) is 0 Å². The lowest BCUT2D eigenvalue weighted by atomic mass is 10.2. The second-order valence-electron chi connectivity index (χ2n) is 3.68. The van der Waals surface area contributed by atoms with Gasteiger partial charge in [-0.25, -0.2) is 0 Å². The summed E-state index contributed by atoms with van der Waals surface area (Å²) in [4.78, 5) is 0. The van der Waals surface area contributed by atoms with Gasteiger partial charge >= 0.3 is 0 Å². The van der Waals surface area contributed by atoms with Gasteiger partial charge in [0.25, 0.3) is 0 Å². The van der Waals surface area contributed by atoms with E-state index in [1.54, 1.807) is 0 Å². The molecule has 0 N–H and O–H groups in total. The van der Waals surface area contributed by atoms with Gasteiger partial charge in [-0.15, -0.1) is 0 Å². The molecule has 1 aromatic carbocycles. The van der Waals surface area contributed by atoms with E-state index in [0.717, 1.165) is 5.56 Å². The highest BCUT2D eigenvalue weighted by Gasteiger charge is 2.23. The molecule has 0 bridgehead atoms. The van der Waals surface area contributed by atoms with Crippen molar-refractivity contribution >= 4 is 10.9 Å². The summed E-state index contributed by atoms with van der Waals surface area (Å²) < 4.78 is 0. The maximum atomic E-state index is 8.66. The molecule has 1 heterocycles. The van der Waals surface area contributed by atoms with Crippen LogP contribution in [0.2, 0.25) is 0 Å². The van der Waals surface area contributed by atoms with Gasteiger partial charge in [0, 0.05) is 5.56 Å². The zero-order valence-electron chi connectivity index (χ0n) is 8.58. The standard InChI is InChI=1S/C12H14NS.BrH/c13-9-11-3-5-12(6-4-11)10-14-7-1-2-8-14;/h3-6H,1-2,7-8,10H2;1H/q+1;/p-1. The van der Waals surface area contributed by atoms with Crippen LogP contribution in [0.25, 0.3) is 0 Å². The number of halogens is 1. The van der Waals surface area contributed by atoms with E-state index < -0.39 is 0 Å². The Morgan fingerprint density at radius 1 is 1.13 bits per heavy atom. The summed E-state index contributed by atoms with van der Waals surface area (Å²) in [5, 5.41) is 8.66. The van der Waals surface area contributed by atoms with E-state index in [4.69, 9.17) is 5.26 Å². The first-order chi connectivity index (χ1) is 6.88. The minimum atomic E-state index is 0. The fourth-order valence-electron chi connectivity index (χ4n) is 1.77. The first kappa shape index (κ1) is 12.6. The van der Waals surface area contributed by atoms with Crippen molar-refractivity contribution in [1.29, 1.82) is 5.26 Å². The summed E-state index contributed by atoms with van der Waals surface area (Å²) in [6.07, 6.45) is 2.83. The minimum Gasteiger partial charge on any atom is -1.00 e. The van der Waals surface area contributed by atoms with Crippen molar-refractivity contribution in [2.45, 2.75) is 18.6 Å². The van der Waals surface area contributed by atoms with E-state index >= 15 is 0 Å². The van der Waals surface area contributed by atoms with E-state index in [1.807, 2.05) is 12.1 Å². The predicted molar refractivity (Wildman–Crippen MR) is 61.2 cm³/mol. The van der Waals surface area contributed by atoms with E-state index in [0.29, 0.717) is 10.9 Å². The zero-order valence-corrected chi connectivity index (χ0v) is 11.0. The number of nitrogens with zero attached hydrogens (tertiary/aromatic N) is 1. The molecule has 1 nitrogen and oxygen atoms in total.